The Morgan fingerprint density at radius 1 is 0.800 bits per heavy atom. The van der Waals surface area contributed by atoms with E-state index >= 15 is 0 Å². The van der Waals surface area contributed by atoms with Crippen LogP contribution in [0.25, 0.3) is 0 Å². The Kier molecular flexibility index (Phi) is 3.22. The van der Waals surface area contributed by atoms with Crippen molar-refractivity contribution in [2.75, 3.05) is 0 Å². The lowest BCUT2D eigenvalue weighted by Gasteiger charge is -2.31. The van der Waals surface area contributed by atoms with Crippen LogP contribution in [0.2, 0.25) is 19.6 Å². The topological polar surface area (TPSA) is 0 Å². The maximum atomic E-state index is 4.17. The third kappa shape index (κ3) is 1.85. The molecule has 0 amide bonds. The Hall–Kier alpha value is -0.863. The van der Waals surface area contributed by atoms with Crippen LogP contribution in [-0.4, -0.2) is 12.0 Å². The summed E-state index contributed by atoms with van der Waals surface area (Å²) in [5.74, 6) is 0. The maximum Gasteiger partial charge on any atom is 0.0651 e. The molecule has 0 saturated heterocycles. The molecule has 0 heterocycles. The Bertz CT molecular complexity index is 561. The summed E-state index contributed by atoms with van der Waals surface area (Å²) in [6, 6.07) is 22.0. The van der Waals surface area contributed by atoms with Crippen molar-refractivity contribution in [1.82, 2.24) is 0 Å². The fourth-order valence-corrected chi connectivity index (χ4v) is 6.74. The van der Waals surface area contributed by atoms with Crippen molar-refractivity contribution in [2.24, 2.45) is 0 Å². The van der Waals surface area contributed by atoms with Gasteiger partial charge < -0.3 is 0 Å². The average Bonchev–Trinajstić information content (AvgIpc) is 3.10. The zero-order chi connectivity index (χ0) is 14.4. The molecular formula is C18H21BrSi. The number of rotatable bonds is 3. The molecule has 1 atom stereocenters. The van der Waals surface area contributed by atoms with Gasteiger partial charge in [-0.15, -0.1) is 0 Å². The van der Waals surface area contributed by atoms with Crippen molar-refractivity contribution in [2.45, 2.75) is 35.4 Å². The van der Waals surface area contributed by atoms with Gasteiger partial charge in [0.2, 0.25) is 0 Å². The second-order valence-electron chi connectivity index (χ2n) is 6.87. The SMILES string of the molecule is C[Si](C)(C)C1(Br)CC1(c1ccccc1)c1ccccc1. The van der Waals surface area contributed by atoms with Crippen molar-refractivity contribution in [1.29, 1.82) is 0 Å². The molecule has 0 radical (unpaired) electrons. The van der Waals surface area contributed by atoms with Crippen molar-refractivity contribution < 1.29 is 0 Å². The van der Waals surface area contributed by atoms with E-state index in [0.717, 1.165) is 0 Å². The summed E-state index contributed by atoms with van der Waals surface area (Å²) in [7, 11) is -1.33. The monoisotopic (exact) mass is 344 g/mol. The van der Waals surface area contributed by atoms with Crippen molar-refractivity contribution in [3.05, 3.63) is 71.8 Å². The Morgan fingerprint density at radius 3 is 1.50 bits per heavy atom. The van der Waals surface area contributed by atoms with E-state index in [1.165, 1.54) is 17.5 Å². The van der Waals surface area contributed by atoms with Crippen LogP contribution in [0.4, 0.5) is 0 Å². The van der Waals surface area contributed by atoms with Crippen LogP contribution in [0.5, 0.6) is 0 Å². The predicted molar refractivity (Wildman–Crippen MR) is 93.3 cm³/mol. The average molecular weight is 345 g/mol. The molecule has 1 fully saturated rings. The lowest BCUT2D eigenvalue weighted by atomic mass is 9.88. The molecule has 2 aromatic carbocycles. The number of hydrogen-bond acceptors (Lipinski definition) is 0. The molecule has 0 N–H and O–H groups in total. The van der Waals surface area contributed by atoms with Crippen molar-refractivity contribution in [3.8, 4) is 0 Å². The van der Waals surface area contributed by atoms with E-state index in [2.05, 4.69) is 96.2 Å². The molecule has 3 rings (SSSR count). The largest absolute Gasteiger partial charge is 0.0875 e. The Morgan fingerprint density at radius 2 is 1.20 bits per heavy atom. The molecule has 2 aromatic rings. The third-order valence-corrected chi connectivity index (χ3v) is 12.3. The first-order valence-electron chi connectivity index (χ1n) is 7.22. The van der Waals surface area contributed by atoms with Gasteiger partial charge in [-0.2, -0.15) is 0 Å². The van der Waals surface area contributed by atoms with Gasteiger partial charge >= 0.3 is 0 Å². The standard InChI is InChI=1S/C18H21BrSi/c1-20(2,3)18(19)14-17(18,15-10-6-4-7-11-15)16-12-8-5-9-13-16/h4-13H,14H2,1-3H3. The molecular weight excluding hydrogens is 324 g/mol. The molecule has 1 aliphatic carbocycles. The molecule has 0 spiro atoms. The van der Waals surface area contributed by atoms with Crippen LogP contribution in [0, 0.1) is 0 Å². The summed E-state index contributed by atoms with van der Waals surface area (Å²) in [5.41, 5.74) is 3.05. The molecule has 20 heavy (non-hydrogen) atoms. The minimum Gasteiger partial charge on any atom is -0.0875 e. The maximum absolute atomic E-state index is 4.17. The zero-order valence-corrected chi connectivity index (χ0v) is 14.9. The smallest absolute Gasteiger partial charge is 0.0651 e. The highest BCUT2D eigenvalue weighted by Gasteiger charge is 2.72. The van der Waals surface area contributed by atoms with Gasteiger partial charge in [-0.05, 0) is 17.5 Å². The first kappa shape index (κ1) is 14.1. The molecule has 0 aromatic heterocycles. The third-order valence-electron chi connectivity index (χ3n) is 4.78. The highest BCUT2D eigenvalue weighted by Crippen LogP contribution is 2.70. The number of benzene rings is 2. The van der Waals surface area contributed by atoms with E-state index in [-0.39, 0.29) is 9.36 Å². The minimum atomic E-state index is -1.33. The highest BCUT2D eigenvalue weighted by molar-refractivity contribution is 9.10. The van der Waals surface area contributed by atoms with Crippen LogP contribution in [0.1, 0.15) is 17.5 Å². The van der Waals surface area contributed by atoms with Gasteiger partial charge in [-0.1, -0.05) is 96.2 Å². The van der Waals surface area contributed by atoms with Crippen LogP contribution < -0.4 is 0 Å². The predicted octanol–water partition coefficient (Wildman–Crippen LogP) is 5.39. The fraction of sp³-hybridized carbons (Fsp3) is 0.333. The zero-order valence-electron chi connectivity index (χ0n) is 12.4. The molecule has 0 bridgehead atoms. The normalized spacial score (nSPS) is 24.4. The highest BCUT2D eigenvalue weighted by atomic mass is 79.9. The van der Waals surface area contributed by atoms with E-state index in [0.29, 0.717) is 0 Å². The number of hydrogen-bond donors (Lipinski definition) is 0. The quantitative estimate of drug-likeness (QED) is 0.517. The Balaban J connectivity index is 2.18. The molecule has 0 aliphatic heterocycles. The summed E-state index contributed by atoms with van der Waals surface area (Å²) in [6.07, 6.45) is 1.21. The van der Waals surface area contributed by atoms with Gasteiger partial charge in [0, 0.05) is 9.36 Å². The first-order valence-corrected chi connectivity index (χ1v) is 11.5. The first-order chi connectivity index (χ1) is 9.42. The minimum absolute atomic E-state index is 0.153. The molecule has 2 heteroatoms. The number of alkyl halides is 1. The van der Waals surface area contributed by atoms with E-state index in [1.807, 2.05) is 0 Å². The fourth-order valence-electron chi connectivity index (χ4n) is 3.50. The summed E-state index contributed by atoms with van der Waals surface area (Å²) in [4.78, 5) is 0. The van der Waals surface area contributed by atoms with Gasteiger partial charge in [0.15, 0.2) is 0 Å². The summed E-state index contributed by atoms with van der Waals surface area (Å²) >= 11 is 4.17. The van der Waals surface area contributed by atoms with E-state index in [4.69, 9.17) is 0 Å². The summed E-state index contributed by atoms with van der Waals surface area (Å²) < 4.78 is 0.260. The molecule has 1 aliphatic rings. The lowest BCUT2D eigenvalue weighted by molar-refractivity contribution is 0.830. The van der Waals surface area contributed by atoms with Crippen LogP contribution in [-0.2, 0) is 5.41 Å². The van der Waals surface area contributed by atoms with Gasteiger partial charge in [-0.25, -0.2) is 0 Å². The lowest BCUT2D eigenvalue weighted by Crippen LogP contribution is -2.42. The van der Waals surface area contributed by atoms with E-state index in [1.54, 1.807) is 0 Å². The second kappa shape index (κ2) is 4.57. The van der Waals surface area contributed by atoms with Crippen LogP contribution in [0.3, 0.4) is 0 Å². The van der Waals surface area contributed by atoms with Gasteiger partial charge in [0.1, 0.15) is 0 Å². The van der Waals surface area contributed by atoms with Gasteiger partial charge in [0.05, 0.1) is 8.07 Å². The van der Waals surface area contributed by atoms with E-state index < -0.39 is 8.07 Å². The molecule has 1 unspecified atom stereocenters. The molecule has 1 saturated carbocycles. The molecule has 104 valence electrons. The Labute approximate surface area is 131 Å². The van der Waals surface area contributed by atoms with Gasteiger partial charge in [0.25, 0.3) is 0 Å². The van der Waals surface area contributed by atoms with E-state index in [9.17, 15) is 0 Å². The van der Waals surface area contributed by atoms with Crippen molar-refractivity contribution in [3.63, 3.8) is 0 Å². The summed E-state index contributed by atoms with van der Waals surface area (Å²) in [6.45, 7) is 7.40. The second-order valence-corrected chi connectivity index (χ2v) is 14.3. The van der Waals surface area contributed by atoms with Crippen molar-refractivity contribution >= 4 is 24.0 Å². The van der Waals surface area contributed by atoms with Gasteiger partial charge in [-0.3, -0.25) is 0 Å². The van der Waals surface area contributed by atoms with Crippen LogP contribution in [0.15, 0.2) is 60.7 Å². The molecule has 0 nitrogen and oxygen atoms in total. The van der Waals surface area contributed by atoms with Crippen LogP contribution >= 0.6 is 15.9 Å². The number of halogens is 1. The summed E-state index contributed by atoms with van der Waals surface area (Å²) in [5, 5.41) is 0.